The van der Waals surface area contributed by atoms with Gasteiger partial charge in [0.2, 0.25) is 5.95 Å². The Bertz CT molecular complexity index is 2960. The van der Waals surface area contributed by atoms with Gasteiger partial charge in [-0.1, -0.05) is 121 Å². The molecular weight excluding hydrogens is 653 g/mol. The summed E-state index contributed by atoms with van der Waals surface area (Å²) in [6.07, 6.45) is 0. The normalized spacial score (nSPS) is 11.5. The SMILES string of the molecule is COc1ccccc1-c1ccc2ccc3ccc(-c4cccc(-c5nc(-c6ccccc6)nc(-n6c7ccccc7c7ccccc76)n5)c4)nc3c2n1. The summed E-state index contributed by atoms with van der Waals surface area (Å²) in [4.78, 5) is 25.6. The Kier molecular flexibility index (Phi) is 7.21. The van der Waals surface area contributed by atoms with E-state index in [-0.39, 0.29) is 0 Å². The molecular formula is C46H30N6O. The first-order valence-electron chi connectivity index (χ1n) is 17.5. The molecule has 10 aromatic rings. The molecule has 7 heteroatoms. The van der Waals surface area contributed by atoms with Crippen LogP contribution >= 0.6 is 0 Å². The molecule has 0 unspecified atom stereocenters. The summed E-state index contributed by atoms with van der Waals surface area (Å²) in [5, 5.41) is 4.33. The van der Waals surface area contributed by atoms with Crippen LogP contribution in [0.5, 0.6) is 5.75 Å². The highest BCUT2D eigenvalue weighted by Crippen LogP contribution is 2.35. The van der Waals surface area contributed by atoms with Gasteiger partial charge in [0.05, 0.1) is 40.6 Å². The first-order chi connectivity index (χ1) is 26.2. The second kappa shape index (κ2) is 12.5. The maximum atomic E-state index is 5.65. The number of hydrogen-bond donors (Lipinski definition) is 0. The van der Waals surface area contributed by atoms with E-state index < -0.39 is 0 Å². The average molecular weight is 683 g/mol. The van der Waals surface area contributed by atoms with Crippen LogP contribution in [0.25, 0.3) is 94.9 Å². The number of aromatic nitrogens is 6. The number of nitrogens with zero attached hydrogens (tertiary/aromatic N) is 6. The molecule has 250 valence electrons. The number of benzene rings is 6. The van der Waals surface area contributed by atoms with E-state index in [1.807, 2.05) is 72.8 Å². The monoisotopic (exact) mass is 682 g/mol. The molecule has 0 radical (unpaired) electrons. The zero-order valence-corrected chi connectivity index (χ0v) is 28.7. The summed E-state index contributed by atoms with van der Waals surface area (Å²) in [6.45, 7) is 0. The van der Waals surface area contributed by atoms with E-state index in [0.717, 1.165) is 83.0 Å². The number of hydrogen-bond acceptors (Lipinski definition) is 6. The van der Waals surface area contributed by atoms with Crippen LogP contribution in [0.3, 0.4) is 0 Å². The maximum Gasteiger partial charge on any atom is 0.238 e. The van der Waals surface area contributed by atoms with Gasteiger partial charge in [-0.25, -0.2) is 15.0 Å². The zero-order chi connectivity index (χ0) is 35.3. The van der Waals surface area contributed by atoms with E-state index >= 15 is 0 Å². The molecule has 10 rings (SSSR count). The first kappa shape index (κ1) is 30.6. The largest absolute Gasteiger partial charge is 0.496 e. The van der Waals surface area contributed by atoms with Crippen LogP contribution < -0.4 is 4.74 Å². The van der Waals surface area contributed by atoms with Crippen LogP contribution in [0.15, 0.2) is 164 Å². The molecule has 53 heavy (non-hydrogen) atoms. The smallest absolute Gasteiger partial charge is 0.238 e. The van der Waals surface area contributed by atoms with Gasteiger partial charge in [-0.2, -0.15) is 9.97 Å². The van der Waals surface area contributed by atoms with Crippen LogP contribution in [0.1, 0.15) is 0 Å². The minimum absolute atomic E-state index is 0.559. The van der Waals surface area contributed by atoms with Crippen LogP contribution in [0, 0.1) is 0 Å². The van der Waals surface area contributed by atoms with Crippen molar-refractivity contribution < 1.29 is 4.74 Å². The van der Waals surface area contributed by atoms with Gasteiger partial charge in [0.25, 0.3) is 0 Å². The van der Waals surface area contributed by atoms with Crippen LogP contribution in [-0.4, -0.2) is 36.6 Å². The highest BCUT2D eigenvalue weighted by Gasteiger charge is 2.18. The van der Waals surface area contributed by atoms with Crippen LogP contribution in [-0.2, 0) is 0 Å². The molecule has 7 nitrogen and oxygen atoms in total. The minimum Gasteiger partial charge on any atom is -0.496 e. The molecule has 0 aliphatic rings. The van der Waals surface area contributed by atoms with Gasteiger partial charge in [-0.15, -0.1) is 0 Å². The van der Waals surface area contributed by atoms with Gasteiger partial charge < -0.3 is 4.74 Å². The van der Waals surface area contributed by atoms with Gasteiger partial charge in [-0.05, 0) is 42.5 Å². The number of rotatable bonds is 6. The zero-order valence-electron chi connectivity index (χ0n) is 28.7. The Morgan fingerprint density at radius 3 is 1.70 bits per heavy atom. The molecule has 0 bridgehead atoms. The summed E-state index contributed by atoms with van der Waals surface area (Å²) < 4.78 is 7.78. The molecule has 0 spiro atoms. The summed E-state index contributed by atoms with van der Waals surface area (Å²) >= 11 is 0. The topological polar surface area (TPSA) is 78.6 Å². The van der Waals surface area contributed by atoms with E-state index in [2.05, 4.69) is 95.6 Å². The molecule has 0 saturated carbocycles. The lowest BCUT2D eigenvalue weighted by Crippen LogP contribution is -2.06. The highest BCUT2D eigenvalue weighted by molar-refractivity contribution is 6.09. The summed E-state index contributed by atoms with van der Waals surface area (Å²) in [5.74, 6) is 2.51. The lowest BCUT2D eigenvalue weighted by atomic mass is 10.0. The Balaban J connectivity index is 1.13. The number of fused-ring (bicyclic) bond motifs is 6. The summed E-state index contributed by atoms with van der Waals surface area (Å²) in [6, 6.07) is 55.5. The molecule has 0 saturated heterocycles. The number of methoxy groups -OCH3 is 1. The lowest BCUT2D eigenvalue weighted by Gasteiger charge is -2.12. The van der Waals surface area contributed by atoms with Crippen molar-refractivity contribution >= 4 is 43.6 Å². The molecule has 6 aromatic carbocycles. The van der Waals surface area contributed by atoms with E-state index in [4.69, 9.17) is 29.7 Å². The molecule has 0 amide bonds. The van der Waals surface area contributed by atoms with Crippen molar-refractivity contribution in [3.05, 3.63) is 164 Å². The molecule has 0 atom stereocenters. The van der Waals surface area contributed by atoms with E-state index in [1.165, 1.54) is 0 Å². The Morgan fingerprint density at radius 1 is 0.434 bits per heavy atom. The summed E-state index contributed by atoms with van der Waals surface area (Å²) in [5.41, 5.74) is 9.07. The molecule has 0 N–H and O–H groups in total. The maximum absolute atomic E-state index is 5.65. The minimum atomic E-state index is 0.559. The Labute approximate surface area is 304 Å². The lowest BCUT2D eigenvalue weighted by molar-refractivity contribution is 0.416. The van der Waals surface area contributed by atoms with Crippen molar-refractivity contribution in [1.29, 1.82) is 0 Å². The van der Waals surface area contributed by atoms with Crippen molar-refractivity contribution in [2.45, 2.75) is 0 Å². The van der Waals surface area contributed by atoms with Crippen molar-refractivity contribution in [2.75, 3.05) is 7.11 Å². The van der Waals surface area contributed by atoms with Gasteiger partial charge in [0.1, 0.15) is 5.75 Å². The average Bonchev–Trinajstić information content (AvgIpc) is 3.58. The fraction of sp³-hybridized carbons (Fsp3) is 0.0217. The number of pyridine rings is 2. The summed E-state index contributed by atoms with van der Waals surface area (Å²) in [7, 11) is 1.68. The number of para-hydroxylation sites is 3. The van der Waals surface area contributed by atoms with Crippen molar-refractivity contribution in [2.24, 2.45) is 0 Å². The van der Waals surface area contributed by atoms with E-state index in [9.17, 15) is 0 Å². The van der Waals surface area contributed by atoms with Crippen molar-refractivity contribution in [1.82, 2.24) is 29.5 Å². The highest BCUT2D eigenvalue weighted by atomic mass is 16.5. The van der Waals surface area contributed by atoms with Gasteiger partial charge in [0, 0.05) is 43.8 Å². The second-order valence-corrected chi connectivity index (χ2v) is 12.9. The van der Waals surface area contributed by atoms with Crippen molar-refractivity contribution in [3.8, 4) is 57.0 Å². The Morgan fingerprint density at radius 2 is 0.981 bits per heavy atom. The molecule has 0 aliphatic carbocycles. The predicted molar refractivity (Wildman–Crippen MR) is 213 cm³/mol. The van der Waals surface area contributed by atoms with Gasteiger partial charge >= 0.3 is 0 Å². The molecule has 4 aromatic heterocycles. The standard InChI is InChI=1S/C46H30N6O/c1-53-41-21-10-7-18-36(41)38-27-25-30-23-22-29-24-26-37(47-42(29)43(30)48-38)32-14-11-15-33(28-32)45-49-44(31-12-3-2-4-13-31)50-46(51-45)52-39-19-8-5-16-34(39)35-17-6-9-20-40(35)52/h2-28H,1H3. The van der Waals surface area contributed by atoms with Gasteiger partial charge in [0.15, 0.2) is 11.6 Å². The molecule has 4 heterocycles. The Hall–Kier alpha value is -7.25. The molecule has 0 fully saturated rings. The fourth-order valence-corrected chi connectivity index (χ4v) is 7.20. The van der Waals surface area contributed by atoms with Crippen molar-refractivity contribution in [3.63, 3.8) is 0 Å². The third kappa shape index (κ3) is 5.26. The third-order valence-corrected chi connectivity index (χ3v) is 9.75. The van der Waals surface area contributed by atoms with Gasteiger partial charge in [-0.3, -0.25) is 4.57 Å². The quantitative estimate of drug-likeness (QED) is 0.162. The van der Waals surface area contributed by atoms with Crippen LogP contribution in [0.4, 0.5) is 0 Å². The van der Waals surface area contributed by atoms with E-state index in [1.54, 1.807) is 7.11 Å². The first-order valence-corrected chi connectivity index (χ1v) is 17.5. The second-order valence-electron chi connectivity index (χ2n) is 12.9. The fourth-order valence-electron chi connectivity index (χ4n) is 7.20. The third-order valence-electron chi connectivity index (χ3n) is 9.75. The number of ether oxygens (including phenoxy) is 1. The predicted octanol–water partition coefficient (Wildman–Crippen LogP) is 10.7. The van der Waals surface area contributed by atoms with Crippen LogP contribution in [0.2, 0.25) is 0 Å². The molecule has 0 aliphatic heterocycles. The van der Waals surface area contributed by atoms with E-state index in [0.29, 0.717) is 17.6 Å².